The molecular weight excluding hydrogens is 266 g/mol. The van der Waals surface area contributed by atoms with Gasteiger partial charge in [-0.25, -0.2) is 0 Å². The molecule has 1 fully saturated rings. The molecule has 1 amide bonds. The Kier molecular flexibility index (Phi) is 5.89. The molecule has 1 saturated heterocycles. The Balaban J connectivity index is 1.88. The lowest BCUT2D eigenvalue weighted by Gasteiger charge is -2.17. The summed E-state index contributed by atoms with van der Waals surface area (Å²) in [4.78, 5) is 11.6. The van der Waals surface area contributed by atoms with Crippen LogP contribution in [0, 0.1) is 11.3 Å². The number of carbonyl (C=O) groups excluding carboxylic acids is 1. The van der Waals surface area contributed by atoms with Crippen molar-refractivity contribution in [1.29, 1.82) is 5.26 Å². The number of carbonyl (C=O) groups is 1. The van der Waals surface area contributed by atoms with Crippen molar-refractivity contribution in [2.75, 3.05) is 18.5 Å². The predicted molar refractivity (Wildman–Crippen MR) is 81.1 cm³/mol. The summed E-state index contributed by atoms with van der Waals surface area (Å²) in [6.45, 7) is 1.31. The molecule has 5 heteroatoms. The van der Waals surface area contributed by atoms with Gasteiger partial charge in [0.25, 0.3) is 0 Å². The zero-order valence-electron chi connectivity index (χ0n) is 12.1. The first-order valence-electron chi connectivity index (χ1n) is 7.41. The Labute approximate surface area is 125 Å². The second-order valence-electron chi connectivity index (χ2n) is 5.18. The van der Waals surface area contributed by atoms with Crippen LogP contribution in [0.25, 0.3) is 0 Å². The lowest BCUT2D eigenvalue weighted by atomic mass is 10.1. The zero-order chi connectivity index (χ0) is 14.9. The van der Waals surface area contributed by atoms with Gasteiger partial charge in [0.05, 0.1) is 12.7 Å². The Morgan fingerprint density at radius 1 is 1.48 bits per heavy atom. The summed E-state index contributed by atoms with van der Waals surface area (Å²) in [5, 5.41) is 14.8. The first-order valence-corrected chi connectivity index (χ1v) is 7.41. The number of hydrogen-bond acceptors (Lipinski definition) is 4. The number of nitriles is 1. The van der Waals surface area contributed by atoms with Crippen LogP contribution in [0.15, 0.2) is 24.3 Å². The first-order chi connectivity index (χ1) is 10.3. The fraction of sp³-hybridized carbons (Fsp3) is 0.500. The maximum absolute atomic E-state index is 11.6. The van der Waals surface area contributed by atoms with Crippen molar-refractivity contribution < 1.29 is 9.53 Å². The number of benzene rings is 1. The monoisotopic (exact) mass is 287 g/mol. The van der Waals surface area contributed by atoms with Gasteiger partial charge in [0.1, 0.15) is 5.75 Å². The summed E-state index contributed by atoms with van der Waals surface area (Å²) >= 11 is 0. The molecule has 5 nitrogen and oxygen atoms in total. The van der Waals surface area contributed by atoms with Crippen molar-refractivity contribution in [1.82, 2.24) is 5.32 Å². The quantitative estimate of drug-likeness (QED) is 0.788. The number of amides is 1. The number of hydrogen-bond donors (Lipinski definition) is 2. The van der Waals surface area contributed by atoms with E-state index in [1.807, 2.05) is 24.3 Å². The van der Waals surface area contributed by atoms with Crippen LogP contribution in [0.2, 0.25) is 0 Å². The Hall–Kier alpha value is -2.22. The van der Waals surface area contributed by atoms with Crippen molar-refractivity contribution in [3.8, 4) is 11.8 Å². The van der Waals surface area contributed by atoms with Crippen molar-refractivity contribution in [2.45, 2.75) is 38.1 Å². The van der Waals surface area contributed by atoms with Gasteiger partial charge in [0.2, 0.25) is 5.91 Å². The minimum Gasteiger partial charge on any atom is -0.493 e. The average Bonchev–Trinajstić information content (AvgIpc) is 2.68. The number of nitrogens with zero attached hydrogens (tertiary/aromatic N) is 1. The third-order valence-electron chi connectivity index (χ3n) is 3.39. The van der Waals surface area contributed by atoms with Gasteiger partial charge in [-0.3, -0.25) is 4.79 Å². The van der Waals surface area contributed by atoms with Gasteiger partial charge in [-0.1, -0.05) is 6.07 Å². The average molecular weight is 287 g/mol. The van der Waals surface area contributed by atoms with Gasteiger partial charge >= 0.3 is 0 Å². The molecule has 112 valence electrons. The fourth-order valence-electron chi connectivity index (χ4n) is 2.35. The predicted octanol–water partition coefficient (Wildman–Crippen LogP) is 2.45. The molecule has 1 aliphatic rings. The number of nitrogens with one attached hydrogen (secondary N) is 2. The van der Waals surface area contributed by atoms with Crippen molar-refractivity contribution >= 4 is 11.6 Å². The molecule has 1 atom stereocenters. The van der Waals surface area contributed by atoms with Gasteiger partial charge in [-0.05, 0) is 31.4 Å². The summed E-state index contributed by atoms with van der Waals surface area (Å²) in [6.07, 6.45) is 3.72. The minimum absolute atomic E-state index is 0.105. The number of rotatable bonds is 6. The molecule has 21 heavy (non-hydrogen) atoms. The van der Waals surface area contributed by atoms with Crippen molar-refractivity contribution in [3.05, 3.63) is 24.3 Å². The summed E-state index contributed by atoms with van der Waals surface area (Å²) in [7, 11) is 0. The minimum atomic E-state index is 0.105. The van der Waals surface area contributed by atoms with Crippen LogP contribution in [0.3, 0.4) is 0 Å². The largest absolute Gasteiger partial charge is 0.493 e. The summed E-state index contributed by atoms with van der Waals surface area (Å²) in [6, 6.07) is 10.0. The molecule has 1 aliphatic heterocycles. The lowest BCUT2D eigenvalue weighted by molar-refractivity contribution is -0.120. The highest BCUT2D eigenvalue weighted by Crippen LogP contribution is 2.20. The van der Waals surface area contributed by atoms with Crippen LogP contribution in [-0.4, -0.2) is 25.1 Å². The van der Waals surface area contributed by atoms with Gasteiger partial charge in [-0.15, -0.1) is 0 Å². The van der Waals surface area contributed by atoms with E-state index < -0.39 is 0 Å². The summed E-state index contributed by atoms with van der Waals surface area (Å²) < 4.78 is 5.61. The standard InChI is InChI=1S/C16H21N3O2/c17-8-1-2-10-21-15-7-3-5-13(11-15)19-14-6-4-9-18-16(20)12-14/h3,5,7,11,14,19H,1-2,4,6,9-10,12H2,(H,18,20). The second kappa shape index (κ2) is 8.15. The summed E-state index contributed by atoms with van der Waals surface area (Å²) in [5.74, 6) is 0.893. The van der Waals surface area contributed by atoms with Crippen LogP contribution in [0.4, 0.5) is 5.69 Å². The smallest absolute Gasteiger partial charge is 0.222 e. The van der Waals surface area contributed by atoms with E-state index in [-0.39, 0.29) is 11.9 Å². The van der Waals surface area contributed by atoms with E-state index in [1.54, 1.807) is 0 Å². The highest BCUT2D eigenvalue weighted by atomic mass is 16.5. The topological polar surface area (TPSA) is 74.2 Å². The molecule has 0 spiro atoms. The van der Waals surface area contributed by atoms with E-state index in [2.05, 4.69) is 16.7 Å². The van der Waals surface area contributed by atoms with E-state index in [4.69, 9.17) is 10.00 Å². The molecule has 1 heterocycles. The van der Waals surface area contributed by atoms with E-state index >= 15 is 0 Å². The highest BCUT2D eigenvalue weighted by Gasteiger charge is 2.17. The van der Waals surface area contributed by atoms with Crippen LogP contribution in [0.1, 0.15) is 32.1 Å². The highest BCUT2D eigenvalue weighted by molar-refractivity contribution is 5.77. The number of unbranched alkanes of at least 4 members (excludes halogenated alkanes) is 1. The summed E-state index contributed by atoms with van der Waals surface area (Å²) in [5.41, 5.74) is 0.965. The molecule has 2 rings (SSSR count). The molecule has 1 aromatic rings. The van der Waals surface area contributed by atoms with E-state index in [0.717, 1.165) is 37.2 Å². The van der Waals surface area contributed by atoms with Crippen LogP contribution < -0.4 is 15.4 Å². The molecule has 0 radical (unpaired) electrons. The third-order valence-corrected chi connectivity index (χ3v) is 3.39. The second-order valence-corrected chi connectivity index (χ2v) is 5.18. The van der Waals surface area contributed by atoms with Crippen molar-refractivity contribution in [3.63, 3.8) is 0 Å². The molecule has 0 bridgehead atoms. The Morgan fingerprint density at radius 3 is 3.24 bits per heavy atom. The van der Waals surface area contributed by atoms with Gasteiger partial charge in [0.15, 0.2) is 0 Å². The lowest BCUT2D eigenvalue weighted by Crippen LogP contribution is -2.26. The molecule has 1 aromatic carbocycles. The van der Waals surface area contributed by atoms with Crippen molar-refractivity contribution in [2.24, 2.45) is 0 Å². The molecule has 1 unspecified atom stereocenters. The Bertz CT molecular complexity index is 510. The normalized spacial score (nSPS) is 18.2. The number of anilines is 1. The van der Waals surface area contributed by atoms with E-state index in [0.29, 0.717) is 19.4 Å². The van der Waals surface area contributed by atoms with Gasteiger partial charge in [-0.2, -0.15) is 5.26 Å². The number of ether oxygens (including phenoxy) is 1. The first kappa shape index (κ1) is 15.2. The Morgan fingerprint density at radius 2 is 2.38 bits per heavy atom. The molecule has 2 N–H and O–H groups in total. The van der Waals surface area contributed by atoms with E-state index in [1.165, 1.54) is 0 Å². The zero-order valence-corrected chi connectivity index (χ0v) is 12.1. The maximum Gasteiger partial charge on any atom is 0.222 e. The maximum atomic E-state index is 11.6. The van der Waals surface area contributed by atoms with E-state index in [9.17, 15) is 4.79 Å². The van der Waals surface area contributed by atoms with Gasteiger partial charge < -0.3 is 15.4 Å². The SMILES string of the molecule is N#CCCCOc1cccc(NC2CCCNC(=O)C2)c1. The molecular formula is C16H21N3O2. The van der Waals surface area contributed by atoms with Crippen LogP contribution >= 0.6 is 0 Å². The van der Waals surface area contributed by atoms with Crippen LogP contribution in [-0.2, 0) is 4.79 Å². The van der Waals surface area contributed by atoms with Gasteiger partial charge in [0, 0.05) is 37.2 Å². The molecule has 0 saturated carbocycles. The third kappa shape index (κ3) is 5.35. The molecule has 0 aromatic heterocycles. The molecule has 0 aliphatic carbocycles. The van der Waals surface area contributed by atoms with Crippen LogP contribution in [0.5, 0.6) is 5.75 Å². The fourth-order valence-corrected chi connectivity index (χ4v) is 2.35.